The molecular weight excluding hydrogens is 835 g/mol. The van der Waals surface area contributed by atoms with Gasteiger partial charge in [0.15, 0.2) is 0 Å². The highest BCUT2D eigenvalue weighted by Gasteiger charge is 2.27. The molecule has 0 unspecified atom stereocenters. The molecule has 0 saturated carbocycles. The molecule has 3 heteroatoms. The molecule has 11 rings (SSSR count). The fourth-order valence-corrected chi connectivity index (χ4v) is 10.1. The number of anilines is 9. The number of hydrogen-bond donors (Lipinski definition) is 0. The third kappa shape index (κ3) is 8.06. The number of aryl methyl sites for hydroxylation is 6. The topological polar surface area (TPSA) is 9.72 Å². The molecule has 0 saturated heterocycles. The molecule has 10 aromatic carbocycles. The molecule has 0 bridgehead atoms. The number of rotatable bonds is 9. The maximum Gasteiger partial charge on any atom is 0.0490 e. The lowest BCUT2D eigenvalue weighted by molar-refractivity contribution is 1.24. The van der Waals surface area contributed by atoms with Crippen molar-refractivity contribution < 1.29 is 0 Å². The molecule has 0 fully saturated rings. The molecule has 10 aromatic rings. The summed E-state index contributed by atoms with van der Waals surface area (Å²) in [7, 11) is 0. The van der Waals surface area contributed by atoms with E-state index in [-0.39, 0.29) is 0 Å². The largest absolute Gasteiger partial charge is 0.310 e. The molecule has 0 amide bonds. The Labute approximate surface area is 407 Å². The lowest BCUT2D eigenvalue weighted by atomic mass is 9.80. The van der Waals surface area contributed by atoms with Crippen LogP contribution in [0.15, 0.2) is 224 Å². The molecule has 0 spiro atoms. The monoisotopic (exact) mass is 889 g/mol. The lowest BCUT2D eigenvalue weighted by Gasteiger charge is -2.32. The first kappa shape index (κ1) is 43.2. The van der Waals surface area contributed by atoms with Crippen molar-refractivity contribution in [3.8, 4) is 44.5 Å². The molecule has 0 radical (unpaired) electrons. The van der Waals surface area contributed by atoms with Crippen molar-refractivity contribution in [2.45, 2.75) is 41.5 Å². The van der Waals surface area contributed by atoms with E-state index in [9.17, 15) is 0 Å². The van der Waals surface area contributed by atoms with Gasteiger partial charge in [0.25, 0.3) is 0 Å². The highest BCUT2D eigenvalue weighted by Crippen LogP contribution is 2.53. The third-order valence-corrected chi connectivity index (χ3v) is 13.8. The van der Waals surface area contributed by atoms with Crippen LogP contribution in [0.3, 0.4) is 0 Å². The summed E-state index contributed by atoms with van der Waals surface area (Å²) in [4.78, 5) is 7.24. The smallest absolute Gasteiger partial charge is 0.0490 e. The van der Waals surface area contributed by atoms with E-state index >= 15 is 0 Å². The molecule has 0 N–H and O–H groups in total. The van der Waals surface area contributed by atoms with Gasteiger partial charge in [-0.2, -0.15) is 0 Å². The van der Waals surface area contributed by atoms with E-state index in [0.29, 0.717) is 0 Å². The van der Waals surface area contributed by atoms with Crippen LogP contribution in [0, 0.1) is 41.5 Å². The van der Waals surface area contributed by atoms with E-state index < -0.39 is 0 Å². The van der Waals surface area contributed by atoms with Crippen molar-refractivity contribution >= 4 is 51.2 Å². The summed E-state index contributed by atoms with van der Waals surface area (Å²) in [6.45, 7) is 13.1. The van der Waals surface area contributed by atoms with E-state index in [1.54, 1.807) is 0 Å². The second-order valence-electron chi connectivity index (χ2n) is 18.6. The van der Waals surface area contributed by atoms with Gasteiger partial charge >= 0.3 is 0 Å². The summed E-state index contributed by atoms with van der Waals surface area (Å²) in [5.74, 6) is 0. The van der Waals surface area contributed by atoms with Gasteiger partial charge in [0, 0.05) is 51.2 Å². The van der Waals surface area contributed by atoms with Crippen molar-refractivity contribution in [1.82, 2.24) is 0 Å². The van der Waals surface area contributed by atoms with Crippen molar-refractivity contribution in [2.75, 3.05) is 14.7 Å². The van der Waals surface area contributed by atoms with E-state index in [1.807, 2.05) is 0 Å². The minimum Gasteiger partial charge on any atom is -0.310 e. The van der Waals surface area contributed by atoms with Crippen LogP contribution >= 0.6 is 0 Å². The summed E-state index contributed by atoms with van der Waals surface area (Å²) < 4.78 is 0. The maximum atomic E-state index is 2.43. The van der Waals surface area contributed by atoms with Crippen LogP contribution in [0.5, 0.6) is 0 Å². The Morgan fingerprint density at radius 1 is 0.203 bits per heavy atom. The second kappa shape index (κ2) is 18.0. The number of fused-ring (bicyclic) bond motifs is 8. The molecule has 0 atom stereocenters. The Morgan fingerprint density at radius 2 is 0.435 bits per heavy atom. The van der Waals surface area contributed by atoms with Gasteiger partial charge in [-0.25, -0.2) is 0 Å². The Hall–Kier alpha value is -8.40. The zero-order valence-electron chi connectivity index (χ0n) is 40.2. The zero-order valence-corrected chi connectivity index (χ0v) is 40.2. The van der Waals surface area contributed by atoms with Crippen LogP contribution in [-0.4, -0.2) is 0 Å². The van der Waals surface area contributed by atoms with Crippen molar-refractivity contribution in [1.29, 1.82) is 0 Å². The van der Waals surface area contributed by atoms with Gasteiger partial charge in [0.05, 0.1) is 0 Å². The molecule has 0 aliphatic heterocycles. The lowest BCUT2D eigenvalue weighted by Crippen LogP contribution is -2.13. The fourth-order valence-electron chi connectivity index (χ4n) is 10.1. The van der Waals surface area contributed by atoms with Gasteiger partial charge in [-0.3, -0.25) is 0 Å². The first-order valence-corrected chi connectivity index (χ1v) is 24.0. The fraction of sp³-hybridized carbons (Fsp3) is 0.0909. The SMILES string of the molecule is Cc1ccc(N(c2ccc3c(c2)-c2ccc(N(c4ccc(C)cc4)c4ccccc4C)cc2-c2ccc(N(c4ccc(C)cc4)c4ccccc4C)cc2-c2ccccc2-3)c2ccccc2C)cc1. The molecular formula is C66H55N3. The van der Waals surface area contributed by atoms with Crippen LogP contribution in [0.2, 0.25) is 0 Å². The first-order valence-electron chi connectivity index (χ1n) is 24.0. The zero-order chi connectivity index (χ0) is 47.2. The minimum atomic E-state index is 1.09. The average molecular weight is 890 g/mol. The summed E-state index contributed by atoms with van der Waals surface area (Å²) in [5.41, 5.74) is 26.9. The normalized spacial score (nSPS) is 11.3. The third-order valence-electron chi connectivity index (χ3n) is 13.8. The van der Waals surface area contributed by atoms with Gasteiger partial charge in [-0.15, -0.1) is 0 Å². The summed E-state index contributed by atoms with van der Waals surface area (Å²) in [6, 6.07) is 83.1. The predicted octanol–water partition coefficient (Wildman–Crippen LogP) is 18.9. The van der Waals surface area contributed by atoms with Crippen LogP contribution in [-0.2, 0) is 0 Å². The van der Waals surface area contributed by atoms with Crippen LogP contribution in [0.25, 0.3) is 44.5 Å². The van der Waals surface area contributed by atoms with E-state index in [2.05, 4.69) is 281 Å². The van der Waals surface area contributed by atoms with Gasteiger partial charge in [-0.1, -0.05) is 150 Å². The second-order valence-corrected chi connectivity index (χ2v) is 18.6. The maximum absolute atomic E-state index is 2.43. The number of hydrogen-bond acceptors (Lipinski definition) is 3. The van der Waals surface area contributed by atoms with Gasteiger partial charge in [0.1, 0.15) is 0 Å². The van der Waals surface area contributed by atoms with Crippen LogP contribution < -0.4 is 14.7 Å². The van der Waals surface area contributed by atoms with Crippen molar-refractivity contribution in [3.05, 3.63) is 258 Å². The Kier molecular flexibility index (Phi) is 11.3. The summed E-state index contributed by atoms with van der Waals surface area (Å²) in [5, 5.41) is 0. The minimum absolute atomic E-state index is 1.09. The Balaban J connectivity index is 1.20. The highest BCUT2D eigenvalue weighted by atomic mass is 15.2. The van der Waals surface area contributed by atoms with Gasteiger partial charge in [-0.05, 0) is 194 Å². The highest BCUT2D eigenvalue weighted by molar-refractivity contribution is 6.06. The van der Waals surface area contributed by atoms with Crippen molar-refractivity contribution in [3.63, 3.8) is 0 Å². The summed E-state index contributed by atoms with van der Waals surface area (Å²) >= 11 is 0. The van der Waals surface area contributed by atoms with E-state index in [1.165, 1.54) is 77.9 Å². The average Bonchev–Trinajstić information content (AvgIpc) is 3.37. The predicted molar refractivity (Wildman–Crippen MR) is 294 cm³/mol. The molecule has 334 valence electrons. The van der Waals surface area contributed by atoms with Crippen molar-refractivity contribution in [2.24, 2.45) is 0 Å². The standard InChI is InChI=1S/C66H55N3/c1-44-23-29-50(30-24-44)67(64-20-12-7-15-47(64)4)53-35-38-58-56-18-10-11-19-57(56)61-41-54(68(51-31-25-45(2)26-32-51)65-21-13-8-16-48(65)5)36-39-59(61)63-43-55(37-40-60(63)62(58)42-53)69(52-33-27-46(3)28-34-52)66-22-14-9-17-49(66)6/h7-43H,1-6H3. The molecule has 0 aromatic heterocycles. The van der Waals surface area contributed by atoms with Crippen LogP contribution in [0.4, 0.5) is 51.2 Å². The molecule has 0 heterocycles. The summed E-state index contributed by atoms with van der Waals surface area (Å²) in [6.07, 6.45) is 0. The molecule has 1 aliphatic carbocycles. The quantitative estimate of drug-likeness (QED) is 0.143. The van der Waals surface area contributed by atoms with Crippen LogP contribution in [0.1, 0.15) is 33.4 Å². The van der Waals surface area contributed by atoms with E-state index in [0.717, 1.165) is 51.2 Å². The van der Waals surface area contributed by atoms with Gasteiger partial charge in [0.2, 0.25) is 0 Å². The van der Waals surface area contributed by atoms with Gasteiger partial charge < -0.3 is 14.7 Å². The number of para-hydroxylation sites is 3. The number of nitrogens with zero attached hydrogens (tertiary/aromatic N) is 3. The molecule has 3 nitrogen and oxygen atoms in total. The Bertz CT molecular complexity index is 3410. The Morgan fingerprint density at radius 3 is 0.739 bits per heavy atom. The van der Waals surface area contributed by atoms with E-state index in [4.69, 9.17) is 0 Å². The number of benzene rings is 10. The molecule has 1 aliphatic rings. The first-order chi connectivity index (χ1) is 33.7. The molecule has 69 heavy (non-hydrogen) atoms.